The molecule has 1 unspecified atom stereocenters. The quantitative estimate of drug-likeness (QED) is 0.320. The average Bonchev–Trinajstić information content (AvgIpc) is 2.39. The molecule has 0 radical (unpaired) electrons. The fourth-order valence-electron chi connectivity index (χ4n) is 1.80. The molecule has 0 aliphatic heterocycles. The summed E-state index contributed by atoms with van der Waals surface area (Å²) in [6, 6.07) is 9.46. The molecule has 0 aliphatic rings. The summed E-state index contributed by atoms with van der Waals surface area (Å²) < 4.78 is 17.4. The van der Waals surface area contributed by atoms with Gasteiger partial charge < -0.3 is 4.74 Å². The van der Waals surface area contributed by atoms with E-state index in [-0.39, 0.29) is 11.9 Å². The second-order valence-corrected chi connectivity index (χ2v) is 7.42. The number of hydrogen-bond donors (Lipinski definition) is 0. The lowest BCUT2D eigenvalue weighted by Crippen LogP contribution is -2.22. The van der Waals surface area contributed by atoms with E-state index < -0.39 is 15.5 Å². The molecule has 0 aromatic heterocycles. The summed E-state index contributed by atoms with van der Waals surface area (Å²) in [7, 11) is -2.40. The molecule has 1 aromatic carbocycles. The Morgan fingerprint density at radius 3 is 2.65 bits per heavy atom. The van der Waals surface area contributed by atoms with E-state index in [1.54, 1.807) is 13.0 Å². The van der Waals surface area contributed by atoms with E-state index in [0.29, 0.717) is 5.75 Å². The van der Waals surface area contributed by atoms with Crippen LogP contribution in [0.25, 0.3) is 0 Å². The van der Waals surface area contributed by atoms with E-state index in [1.807, 2.05) is 30.3 Å². The molecule has 0 spiro atoms. The predicted molar refractivity (Wildman–Crippen MR) is 85.4 cm³/mol. The summed E-state index contributed by atoms with van der Waals surface area (Å²) in [4.78, 5) is 11.8. The smallest absolute Gasteiger partial charge is 0.318 e. The van der Waals surface area contributed by atoms with Gasteiger partial charge in [-0.3, -0.25) is 9.00 Å². The van der Waals surface area contributed by atoms with Gasteiger partial charge in [0.2, 0.25) is 0 Å². The number of hydrogen-bond acceptors (Lipinski definition) is 3. The van der Waals surface area contributed by atoms with Crippen molar-refractivity contribution >= 4 is 21.4 Å². The Balaban J connectivity index is 2.49. The van der Waals surface area contributed by atoms with Crippen molar-refractivity contribution in [3.05, 3.63) is 48.6 Å². The first-order chi connectivity index (χ1) is 9.44. The number of carbonyl (C=O) groups excluding carboxylic acids is 1. The highest BCUT2D eigenvalue weighted by molar-refractivity contribution is 8.00. The molecule has 0 heterocycles. The summed E-state index contributed by atoms with van der Waals surface area (Å²) in [5.74, 6) is 3.50. The SMILES string of the molecule is C=CCCCS(=C)(=O)CC(=O)O[C@@H](C)c1ccccc1. The van der Waals surface area contributed by atoms with Crippen molar-refractivity contribution in [2.75, 3.05) is 11.5 Å². The highest BCUT2D eigenvalue weighted by atomic mass is 32.2. The number of esters is 1. The molecule has 0 amide bonds. The number of carbonyl (C=O) groups is 1. The first-order valence-corrected chi connectivity index (χ1v) is 8.69. The van der Waals surface area contributed by atoms with Crippen LogP contribution >= 0.6 is 0 Å². The Kier molecular flexibility index (Phi) is 6.52. The minimum atomic E-state index is -2.40. The molecule has 2 atom stereocenters. The van der Waals surface area contributed by atoms with Gasteiger partial charge in [0, 0.05) is 5.75 Å². The van der Waals surface area contributed by atoms with Crippen molar-refractivity contribution < 1.29 is 13.7 Å². The van der Waals surface area contributed by atoms with Gasteiger partial charge in [-0.05, 0) is 40.7 Å². The first-order valence-electron chi connectivity index (χ1n) is 6.62. The van der Waals surface area contributed by atoms with E-state index in [4.69, 9.17) is 4.74 Å². The van der Waals surface area contributed by atoms with Crippen LogP contribution in [0.5, 0.6) is 0 Å². The van der Waals surface area contributed by atoms with Crippen molar-refractivity contribution in [3.63, 3.8) is 0 Å². The van der Waals surface area contributed by atoms with Crippen LogP contribution in [0.4, 0.5) is 0 Å². The molecule has 110 valence electrons. The maximum absolute atomic E-state index is 12.1. The van der Waals surface area contributed by atoms with Crippen LogP contribution in [-0.4, -0.2) is 27.6 Å². The molecule has 0 aliphatic carbocycles. The first kappa shape index (κ1) is 16.5. The maximum Gasteiger partial charge on any atom is 0.318 e. The van der Waals surface area contributed by atoms with Gasteiger partial charge in [0.25, 0.3) is 0 Å². The monoisotopic (exact) mass is 294 g/mol. The summed E-state index contributed by atoms with van der Waals surface area (Å²) in [6.07, 6.45) is 2.94. The number of rotatable bonds is 8. The van der Waals surface area contributed by atoms with Crippen molar-refractivity contribution in [1.82, 2.24) is 0 Å². The van der Waals surface area contributed by atoms with E-state index in [1.165, 1.54) is 0 Å². The molecular formula is C16H22O3S. The Morgan fingerprint density at radius 2 is 2.05 bits per heavy atom. The molecule has 0 saturated heterocycles. The lowest BCUT2D eigenvalue weighted by Gasteiger charge is -2.15. The summed E-state index contributed by atoms with van der Waals surface area (Å²) in [5.41, 5.74) is 0.920. The van der Waals surface area contributed by atoms with Crippen LogP contribution < -0.4 is 0 Å². The second kappa shape index (κ2) is 7.90. The maximum atomic E-state index is 12.1. The van der Waals surface area contributed by atoms with Crippen LogP contribution in [0, 0.1) is 0 Å². The Labute approximate surface area is 121 Å². The van der Waals surface area contributed by atoms with Gasteiger partial charge in [0.1, 0.15) is 11.9 Å². The fraction of sp³-hybridized carbons (Fsp3) is 0.375. The van der Waals surface area contributed by atoms with Crippen LogP contribution in [0.15, 0.2) is 43.0 Å². The molecule has 0 saturated carbocycles. The van der Waals surface area contributed by atoms with Gasteiger partial charge in [-0.15, -0.1) is 6.58 Å². The molecule has 1 aromatic rings. The van der Waals surface area contributed by atoms with Crippen molar-refractivity contribution in [3.8, 4) is 0 Å². The van der Waals surface area contributed by atoms with Crippen LogP contribution in [0.1, 0.15) is 31.4 Å². The average molecular weight is 294 g/mol. The Morgan fingerprint density at radius 1 is 1.40 bits per heavy atom. The van der Waals surface area contributed by atoms with Crippen LogP contribution in [0.3, 0.4) is 0 Å². The number of unbranched alkanes of at least 4 members (excludes halogenated alkanes) is 1. The predicted octanol–water partition coefficient (Wildman–Crippen LogP) is 2.97. The minimum absolute atomic E-state index is 0.124. The molecule has 3 nitrogen and oxygen atoms in total. The van der Waals surface area contributed by atoms with Crippen LogP contribution in [0.2, 0.25) is 0 Å². The molecule has 4 heteroatoms. The molecule has 1 rings (SSSR count). The summed E-state index contributed by atoms with van der Waals surface area (Å²) in [6.45, 7) is 5.41. The molecular weight excluding hydrogens is 272 g/mol. The van der Waals surface area contributed by atoms with Gasteiger partial charge in [0.05, 0.1) is 0 Å². The topological polar surface area (TPSA) is 43.4 Å². The number of ether oxygens (including phenoxy) is 1. The van der Waals surface area contributed by atoms with Crippen LogP contribution in [-0.2, 0) is 19.1 Å². The zero-order valence-electron chi connectivity index (χ0n) is 11.9. The van der Waals surface area contributed by atoms with Gasteiger partial charge in [-0.2, -0.15) is 0 Å². The number of allylic oxidation sites excluding steroid dienone is 1. The summed E-state index contributed by atoms with van der Waals surface area (Å²) in [5, 5.41) is 0. The third-order valence-electron chi connectivity index (χ3n) is 2.88. The van der Waals surface area contributed by atoms with E-state index in [2.05, 4.69) is 12.4 Å². The van der Waals surface area contributed by atoms with Gasteiger partial charge in [0.15, 0.2) is 0 Å². The zero-order chi connectivity index (χ0) is 15.0. The molecule has 0 N–H and O–H groups in total. The van der Waals surface area contributed by atoms with Gasteiger partial charge in [-0.1, -0.05) is 36.4 Å². The lowest BCUT2D eigenvalue weighted by atomic mass is 10.1. The van der Waals surface area contributed by atoms with E-state index in [0.717, 1.165) is 18.4 Å². The standard InChI is InChI=1S/C16H22O3S/c1-4-5-9-12-20(3,18)13-16(17)19-14(2)15-10-7-6-8-11-15/h4,6-8,10-11,14H,1,3,5,9,12-13H2,2H3/t14-,20?/m0/s1. The minimum Gasteiger partial charge on any atom is -0.457 e. The highest BCUT2D eigenvalue weighted by Crippen LogP contribution is 2.16. The lowest BCUT2D eigenvalue weighted by molar-refractivity contribution is -0.145. The Hall–Kier alpha value is -1.55. The highest BCUT2D eigenvalue weighted by Gasteiger charge is 2.16. The third kappa shape index (κ3) is 6.06. The Bertz CT molecular complexity index is 532. The fourth-order valence-corrected chi connectivity index (χ4v) is 3.14. The van der Waals surface area contributed by atoms with Gasteiger partial charge >= 0.3 is 5.97 Å². The largest absolute Gasteiger partial charge is 0.457 e. The third-order valence-corrected chi connectivity index (χ3v) is 4.68. The van der Waals surface area contributed by atoms with Crippen molar-refractivity contribution in [2.24, 2.45) is 0 Å². The van der Waals surface area contributed by atoms with E-state index >= 15 is 0 Å². The van der Waals surface area contributed by atoms with Gasteiger partial charge in [-0.25, -0.2) is 0 Å². The number of benzene rings is 1. The zero-order valence-corrected chi connectivity index (χ0v) is 12.7. The molecule has 0 bridgehead atoms. The summed E-state index contributed by atoms with van der Waals surface area (Å²) >= 11 is 0. The van der Waals surface area contributed by atoms with Crippen molar-refractivity contribution in [2.45, 2.75) is 25.9 Å². The molecule has 20 heavy (non-hydrogen) atoms. The second-order valence-electron chi connectivity index (χ2n) is 4.79. The van der Waals surface area contributed by atoms with E-state index in [9.17, 15) is 9.00 Å². The van der Waals surface area contributed by atoms with Crippen molar-refractivity contribution in [1.29, 1.82) is 0 Å². The normalized spacial score (nSPS) is 15.1. The molecule has 0 fully saturated rings.